The third-order valence-corrected chi connectivity index (χ3v) is 4.69. The van der Waals surface area contributed by atoms with E-state index < -0.39 is 6.04 Å². The predicted molar refractivity (Wildman–Crippen MR) is 103 cm³/mol. The van der Waals surface area contributed by atoms with Crippen LogP contribution in [0.5, 0.6) is 0 Å². The number of carbonyl (C=O) groups excluding carboxylic acids is 2. The lowest BCUT2D eigenvalue weighted by Crippen LogP contribution is -2.48. The van der Waals surface area contributed by atoms with Crippen molar-refractivity contribution in [2.75, 3.05) is 4.90 Å². The molecule has 1 aliphatic rings. The average molecular weight is 357 g/mol. The first-order valence-electron chi connectivity index (χ1n) is 8.88. The second-order valence-corrected chi connectivity index (χ2v) is 6.43. The number of para-hydroxylation sites is 1. The molecule has 2 amide bonds. The van der Waals surface area contributed by atoms with Crippen molar-refractivity contribution < 1.29 is 9.59 Å². The van der Waals surface area contributed by atoms with Crippen molar-refractivity contribution in [3.05, 3.63) is 95.8 Å². The lowest BCUT2D eigenvalue weighted by molar-refractivity contribution is -0.122. The molecule has 5 heteroatoms. The summed E-state index contributed by atoms with van der Waals surface area (Å²) < 4.78 is 0. The van der Waals surface area contributed by atoms with Crippen LogP contribution in [0.1, 0.15) is 21.6 Å². The van der Waals surface area contributed by atoms with E-state index in [1.165, 1.54) is 0 Å². The lowest BCUT2D eigenvalue weighted by Gasteiger charge is -2.25. The van der Waals surface area contributed by atoms with E-state index in [0.717, 1.165) is 16.9 Å². The number of nitrogens with zero attached hydrogens (tertiary/aromatic N) is 2. The number of hydrogen-bond acceptors (Lipinski definition) is 3. The molecule has 0 unspecified atom stereocenters. The number of amides is 2. The van der Waals surface area contributed by atoms with Crippen molar-refractivity contribution in [2.24, 2.45) is 0 Å². The molecule has 1 aliphatic heterocycles. The number of carbonyl (C=O) groups is 2. The molecule has 1 aromatic heterocycles. The van der Waals surface area contributed by atoms with Gasteiger partial charge in [0.2, 0.25) is 5.91 Å². The Labute approximate surface area is 157 Å². The van der Waals surface area contributed by atoms with Gasteiger partial charge in [-0.25, -0.2) is 0 Å². The number of anilines is 1. The minimum absolute atomic E-state index is 0.168. The highest BCUT2D eigenvalue weighted by atomic mass is 16.2. The second kappa shape index (κ2) is 7.41. The molecule has 0 spiro atoms. The largest absolute Gasteiger partial charge is 0.349 e. The van der Waals surface area contributed by atoms with E-state index in [2.05, 4.69) is 10.3 Å². The van der Waals surface area contributed by atoms with Gasteiger partial charge < -0.3 is 5.32 Å². The smallest absolute Gasteiger partial charge is 0.259 e. The van der Waals surface area contributed by atoms with E-state index in [4.69, 9.17) is 0 Å². The summed E-state index contributed by atoms with van der Waals surface area (Å²) in [6.07, 6.45) is 2.20. The first-order chi connectivity index (χ1) is 13.2. The first kappa shape index (κ1) is 17.0. The third-order valence-electron chi connectivity index (χ3n) is 4.69. The van der Waals surface area contributed by atoms with Crippen molar-refractivity contribution in [3.8, 4) is 0 Å². The first-order valence-corrected chi connectivity index (χ1v) is 8.88. The van der Waals surface area contributed by atoms with Crippen LogP contribution in [0.3, 0.4) is 0 Å². The van der Waals surface area contributed by atoms with E-state index in [1.807, 2.05) is 60.7 Å². The van der Waals surface area contributed by atoms with Crippen LogP contribution in [0.15, 0.2) is 79.0 Å². The fourth-order valence-corrected chi connectivity index (χ4v) is 3.36. The topological polar surface area (TPSA) is 62.3 Å². The van der Waals surface area contributed by atoms with Crippen LogP contribution in [0.4, 0.5) is 5.69 Å². The van der Waals surface area contributed by atoms with Crippen LogP contribution in [-0.2, 0) is 17.8 Å². The summed E-state index contributed by atoms with van der Waals surface area (Å²) in [7, 11) is 0. The van der Waals surface area contributed by atoms with Crippen LogP contribution < -0.4 is 10.2 Å². The Balaban J connectivity index is 1.59. The van der Waals surface area contributed by atoms with Gasteiger partial charge in [0.25, 0.3) is 5.91 Å². The van der Waals surface area contributed by atoms with Crippen molar-refractivity contribution in [3.63, 3.8) is 0 Å². The molecule has 0 bridgehead atoms. The van der Waals surface area contributed by atoms with Crippen molar-refractivity contribution in [1.29, 1.82) is 0 Å². The Bertz CT molecular complexity index is 958. The van der Waals surface area contributed by atoms with Crippen molar-refractivity contribution in [1.82, 2.24) is 10.3 Å². The number of pyridine rings is 1. The van der Waals surface area contributed by atoms with E-state index in [-0.39, 0.29) is 11.8 Å². The Morgan fingerprint density at radius 3 is 2.48 bits per heavy atom. The van der Waals surface area contributed by atoms with Crippen LogP contribution in [0.2, 0.25) is 0 Å². The summed E-state index contributed by atoms with van der Waals surface area (Å²) in [4.78, 5) is 31.9. The highest BCUT2D eigenvalue weighted by Crippen LogP contribution is 2.33. The minimum atomic E-state index is -0.571. The van der Waals surface area contributed by atoms with E-state index in [9.17, 15) is 9.59 Å². The molecule has 1 atom stereocenters. The molecule has 0 aliphatic carbocycles. The highest BCUT2D eigenvalue weighted by Gasteiger charge is 2.38. The fourth-order valence-electron chi connectivity index (χ4n) is 3.36. The normalized spacial score (nSPS) is 15.3. The Kier molecular flexibility index (Phi) is 4.66. The highest BCUT2D eigenvalue weighted by molar-refractivity contribution is 6.11. The third kappa shape index (κ3) is 3.44. The molecule has 27 heavy (non-hydrogen) atoms. The Morgan fingerprint density at radius 2 is 1.70 bits per heavy atom. The molecule has 0 saturated carbocycles. The molecule has 2 heterocycles. The minimum Gasteiger partial charge on any atom is -0.349 e. The van der Waals surface area contributed by atoms with Crippen LogP contribution >= 0.6 is 0 Å². The molecule has 4 rings (SSSR count). The fraction of sp³-hybridized carbons (Fsp3) is 0.136. The zero-order valence-electron chi connectivity index (χ0n) is 14.7. The van der Waals surface area contributed by atoms with Gasteiger partial charge in [0.05, 0.1) is 12.2 Å². The van der Waals surface area contributed by atoms with Crippen molar-refractivity contribution in [2.45, 2.75) is 19.0 Å². The van der Waals surface area contributed by atoms with Gasteiger partial charge in [-0.1, -0.05) is 42.5 Å². The molecule has 2 aromatic carbocycles. The molecule has 1 N–H and O–H groups in total. The summed E-state index contributed by atoms with van der Waals surface area (Å²) in [6, 6.07) is 21.7. The quantitative estimate of drug-likeness (QED) is 0.781. The standard InChI is InChI=1S/C22H19N3O2/c26-21(24-15-18-11-6-7-13-23-18)20-14-17-10-4-5-12-19(17)25(20)22(27)16-8-2-1-3-9-16/h1-13,20H,14-15H2,(H,24,26)/t20-/m1/s1. The molecular formula is C22H19N3O2. The summed E-state index contributed by atoms with van der Waals surface area (Å²) in [6.45, 7) is 0.333. The van der Waals surface area contributed by atoms with Gasteiger partial charge >= 0.3 is 0 Å². The van der Waals surface area contributed by atoms with Crippen LogP contribution in [0, 0.1) is 0 Å². The van der Waals surface area contributed by atoms with Gasteiger partial charge in [0, 0.05) is 23.9 Å². The molecular weight excluding hydrogens is 338 g/mol. The van der Waals surface area contributed by atoms with Crippen LogP contribution in [-0.4, -0.2) is 22.8 Å². The monoisotopic (exact) mass is 357 g/mol. The zero-order valence-corrected chi connectivity index (χ0v) is 14.7. The molecule has 134 valence electrons. The second-order valence-electron chi connectivity index (χ2n) is 6.43. The predicted octanol–water partition coefficient (Wildman–Crippen LogP) is 2.97. The van der Waals surface area contributed by atoms with Crippen molar-refractivity contribution >= 4 is 17.5 Å². The van der Waals surface area contributed by atoms with Crippen LogP contribution in [0.25, 0.3) is 0 Å². The number of rotatable bonds is 4. The van der Waals surface area contributed by atoms with E-state index in [1.54, 1.807) is 23.2 Å². The molecule has 0 saturated heterocycles. The number of benzene rings is 2. The maximum atomic E-state index is 13.1. The number of aromatic nitrogens is 1. The van der Waals surface area contributed by atoms with E-state index in [0.29, 0.717) is 18.5 Å². The Hall–Kier alpha value is -3.47. The number of hydrogen-bond donors (Lipinski definition) is 1. The number of nitrogens with one attached hydrogen (secondary N) is 1. The molecule has 3 aromatic rings. The average Bonchev–Trinajstić information content (AvgIpc) is 3.12. The summed E-state index contributed by atoms with van der Waals surface area (Å²) >= 11 is 0. The van der Waals surface area contributed by atoms with Gasteiger partial charge in [-0.3, -0.25) is 19.5 Å². The Morgan fingerprint density at radius 1 is 0.963 bits per heavy atom. The summed E-state index contributed by atoms with van der Waals surface area (Å²) in [5, 5.41) is 2.92. The summed E-state index contributed by atoms with van der Waals surface area (Å²) in [5.41, 5.74) is 3.14. The molecule has 0 fully saturated rings. The van der Waals surface area contributed by atoms with Gasteiger partial charge in [-0.05, 0) is 35.9 Å². The maximum absolute atomic E-state index is 13.1. The molecule has 0 radical (unpaired) electrons. The van der Waals surface area contributed by atoms with E-state index >= 15 is 0 Å². The van der Waals surface area contributed by atoms with Gasteiger partial charge in [-0.15, -0.1) is 0 Å². The SMILES string of the molecule is O=C(NCc1ccccn1)[C@H]1Cc2ccccc2N1C(=O)c1ccccc1. The molecule has 5 nitrogen and oxygen atoms in total. The van der Waals surface area contributed by atoms with Gasteiger partial charge in [0.1, 0.15) is 6.04 Å². The summed E-state index contributed by atoms with van der Waals surface area (Å²) in [5.74, 6) is -0.348. The lowest BCUT2D eigenvalue weighted by atomic mass is 10.1. The van der Waals surface area contributed by atoms with Gasteiger partial charge in [0.15, 0.2) is 0 Å². The van der Waals surface area contributed by atoms with Gasteiger partial charge in [-0.2, -0.15) is 0 Å². The number of fused-ring (bicyclic) bond motifs is 1. The zero-order chi connectivity index (χ0) is 18.6. The maximum Gasteiger partial charge on any atom is 0.259 e.